The van der Waals surface area contributed by atoms with Gasteiger partial charge in [-0.1, -0.05) is 11.6 Å². The van der Waals surface area contributed by atoms with Gasteiger partial charge in [-0.3, -0.25) is 9.67 Å². The SMILES string of the molecule is Fc1ccc(Cl)cc1-c1cc(-c2cncc(-c3cnn(C4CCNCC4)c3)c2)c2cccnc2n1. The van der Waals surface area contributed by atoms with Crippen LogP contribution in [0.4, 0.5) is 4.39 Å². The molecule has 174 valence electrons. The van der Waals surface area contributed by atoms with Crippen LogP contribution in [-0.2, 0) is 0 Å². The Labute approximate surface area is 206 Å². The Kier molecular flexibility index (Phi) is 5.72. The Morgan fingerprint density at radius 1 is 0.943 bits per heavy atom. The van der Waals surface area contributed by atoms with E-state index in [4.69, 9.17) is 11.6 Å². The molecule has 1 aliphatic rings. The van der Waals surface area contributed by atoms with Crippen molar-refractivity contribution in [2.24, 2.45) is 0 Å². The zero-order valence-electron chi connectivity index (χ0n) is 18.8. The molecule has 1 N–H and O–H groups in total. The first-order valence-corrected chi connectivity index (χ1v) is 12.0. The van der Waals surface area contributed by atoms with Gasteiger partial charge in [0.05, 0.1) is 17.9 Å². The van der Waals surface area contributed by atoms with Gasteiger partial charge < -0.3 is 5.32 Å². The summed E-state index contributed by atoms with van der Waals surface area (Å²) in [6.07, 6.45) is 11.4. The number of rotatable bonds is 4. The Morgan fingerprint density at radius 2 is 1.80 bits per heavy atom. The van der Waals surface area contributed by atoms with E-state index in [-0.39, 0.29) is 5.82 Å². The van der Waals surface area contributed by atoms with Gasteiger partial charge in [-0.25, -0.2) is 14.4 Å². The van der Waals surface area contributed by atoms with E-state index in [2.05, 4.69) is 42.3 Å². The average molecular weight is 485 g/mol. The number of nitrogens with zero attached hydrogens (tertiary/aromatic N) is 5. The van der Waals surface area contributed by atoms with Gasteiger partial charge in [-0.15, -0.1) is 0 Å². The number of pyridine rings is 3. The van der Waals surface area contributed by atoms with Gasteiger partial charge >= 0.3 is 0 Å². The van der Waals surface area contributed by atoms with Gasteiger partial charge in [0.1, 0.15) is 5.82 Å². The Balaban J connectivity index is 1.44. The van der Waals surface area contributed by atoms with E-state index in [9.17, 15) is 4.39 Å². The molecule has 0 bridgehead atoms. The van der Waals surface area contributed by atoms with Crippen molar-refractivity contribution in [1.82, 2.24) is 30.0 Å². The molecule has 0 amide bonds. The van der Waals surface area contributed by atoms with Crippen LogP contribution in [0.3, 0.4) is 0 Å². The summed E-state index contributed by atoms with van der Waals surface area (Å²) in [7, 11) is 0. The van der Waals surface area contributed by atoms with E-state index in [1.165, 1.54) is 12.1 Å². The predicted octanol–water partition coefficient (Wildman–Crippen LogP) is 5.94. The van der Waals surface area contributed by atoms with E-state index >= 15 is 0 Å². The summed E-state index contributed by atoms with van der Waals surface area (Å²) in [4.78, 5) is 13.6. The minimum Gasteiger partial charge on any atom is -0.317 e. The molecule has 1 fully saturated rings. The summed E-state index contributed by atoms with van der Waals surface area (Å²) in [5.41, 5.74) is 5.07. The van der Waals surface area contributed by atoms with E-state index in [0.717, 1.165) is 53.6 Å². The standard InChI is InChI=1S/C27H22ClFN6/c28-20-3-4-25(29)24(11-20)26-12-23(22-2-1-7-32-27(22)34-26)18-10-17(13-31-14-18)19-15-33-35(16-19)21-5-8-30-9-6-21/h1-4,7,10-16,21,30H,5-6,8-9H2. The molecule has 0 unspecified atom stereocenters. The van der Waals surface area contributed by atoms with Crippen molar-refractivity contribution in [3.8, 4) is 33.5 Å². The summed E-state index contributed by atoms with van der Waals surface area (Å²) >= 11 is 6.16. The molecule has 5 aromatic rings. The monoisotopic (exact) mass is 484 g/mol. The molecule has 1 aliphatic heterocycles. The fraction of sp³-hybridized carbons (Fsp3) is 0.185. The van der Waals surface area contributed by atoms with Crippen molar-refractivity contribution in [2.45, 2.75) is 18.9 Å². The number of hydrogen-bond donors (Lipinski definition) is 1. The largest absolute Gasteiger partial charge is 0.317 e. The third kappa shape index (κ3) is 4.29. The summed E-state index contributed by atoms with van der Waals surface area (Å²) in [5.74, 6) is -0.389. The molecule has 6 nitrogen and oxygen atoms in total. The van der Waals surface area contributed by atoms with Crippen LogP contribution in [0.25, 0.3) is 44.5 Å². The lowest BCUT2D eigenvalue weighted by Crippen LogP contribution is -2.29. The van der Waals surface area contributed by atoms with Crippen molar-refractivity contribution in [2.75, 3.05) is 13.1 Å². The fourth-order valence-electron chi connectivity index (χ4n) is 4.63. The molecular formula is C27H22ClFN6. The molecule has 0 aliphatic carbocycles. The van der Waals surface area contributed by atoms with Crippen molar-refractivity contribution in [3.05, 3.63) is 84.3 Å². The van der Waals surface area contributed by atoms with Crippen LogP contribution in [0.5, 0.6) is 0 Å². The number of piperidine rings is 1. The maximum absolute atomic E-state index is 14.7. The van der Waals surface area contributed by atoms with Gasteiger partial charge in [-0.05, 0) is 74.0 Å². The molecule has 0 radical (unpaired) electrons. The smallest absolute Gasteiger partial charge is 0.160 e. The second kappa shape index (κ2) is 9.17. The fourth-order valence-corrected chi connectivity index (χ4v) is 4.80. The summed E-state index contributed by atoms with van der Waals surface area (Å²) in [6.45, 7) is 2.02. The van der Waals surface area contributed by atoms with Crippen LogP contribution in [0, 0.1) is 5.82 Å². The number of aromatic nitrogens is 5. The summed E-state index contributed by atoms with van der Waals surface area (Å²) in [5, 5.41) is 9.33. The Morgan fingerprint density at radius 3 is 2.69 bits per heavy atom. The number of benzene rings is 1. The molecular weight excluding hydrogens is 463 g/mol. The molecule has 6 rings (SSSR count). The quantitative estimate of drug-likeness (QED) is 0.342. The van der Waals surface area contributed by atoms with Crippen LogP contribution < -0.4 is 5.32 Å². The topological polar surface area (TPSA) is 68.5 Å². The highest BCUT2D eigenvalue weighted by molar-refractivity contribution is 6.30. The predicted molar refractivity (Wildman–Crippen MR) is 136 cm³/mol. The summed E-state index contributed by atoms with van der Waals surface area (Å²) < 4.78 is 16.8. The van der Waals surface area contributed by atoms with E-state index < -0.39 is 0 Å². The minimum atomic E-state index is -0.389. The molecule has 0 atom stereocenters. The second-order valence-electron chi connectivity index (χ2n) is 8.71. The number of hydrogen-bond acceptors (Lipinski definition) is 5. The Bertz CT molecular complexity index is 1530. The first kappa shape index (κ1) is 21.8. The first-order valence-electron chi connectivity index (χ1n) is 11.6. The highest BCUT2D eigenvalue weighted by atomic mass is 35.5. The average Bonchev–Trinajstić information content (AvgIpc) is 3.41. The number of fused-ring (bicyclic) bond motifs is 1. The second-order valence-corrected chi connectivity index (χ2v) is 9.14. The highest BCUT2D eigenvalue weighted by Crippen LogP contribution is 2.34. The Hall–Kier alpha value is -3.68. The zero-order chi connectivity index (χ0) is 23.8. The maximum atomic E-state index is 14.7. The van der Waals surface area contributed by atoms with Crippen LogP contribution in [0.15, 0.2) is 73.4 Å². The van der Waals surface area contributed by atoms with Crippen LogP contribution in [-0.4, -0.2) is 37.8 Å². The lowest BCUT2D eigenvalue weighted by Gasteiger charge is -2.22. The first-order chi connectivity index (χ1) is 17.2. The number of nitrogens with one attached hydrogen (secondary N) is 1. The lowest BCUT2D eigenvalue weighted by atomic mass is 9.99. The maximum Gasteiger partial charge on any atom is 0.160 e. The van der Waals surface area contributed by atoms with E-state index in [1.54, 1.807) is 18.5 Å². The van der Waals surface area contributed by atoms with Crippen LogP contribution in [0.1, 0.15) is 18.9 Å². The lowest BCUT2D eigenvalue weighted by molar-refractivity contribution is 0.343. The van der Waals surface area contributed by atoms with Crippen LogP contribution >= 0.6 is 11.6 Å². The molecule has 0 spiro atoms. The molecule has 0 saturated carbocycles. The van der Waals surface area contributed by atoms with Gasteiger partial charge in [0.25, 0.3) is 0 Å². The third-order valence-electron chi connectivity index (χ3n) is 6.46. The van der Waals surface area contributed by atoms with Crippen molar-refractivity contribution < 1.29 is 4.39 Å². The van der Waals surface area contributed by atoms with Gasteiger partial charge in [-0.2, -0.15) is 5.10 Å². The normalized spacial score (nSPS) is 14.5. The molecule has 35 heavy (non-hydrogen) atoms. The number of halogens is 2. The van der Waals surface area contributed by atoms with Crippen molar-refractivity contribution >= 4 is 22.6 Å². The summed E-state index contributed by atoms with van der Waals surface area (Å²) in [6, 6.07) is 12.7. The minimum absolute atomic E-state index is 0.332. The molecule has 8 heteroatoms. The van der Waals surface area contributed by atoms with Crippen LogP contribution in [0.2, 0.25) is 5.02 Å². The highest BCUT2D eigenvalue weighted by Gasteiger charge is 2.17. The molecule has 1 aromatic carbocycles. The molecule has 5 heterocycles. The molecule has 4 aromatic heterocycles. The third-order valence-corrected chi connectivity index (χ3v) is 6.69. The van der Waals surface area contributed by atoms with E-state index in [0.29, 0.717) is 28.0 Å². The zero-order valence-corrected chi connectivity index (χ0v) is 19.6. The van der Waals surface area contributed by atoms with E-state index in [1.807, 2.05) is 30.6 Å². The van der Waals surface area contributed by atoms with Gasteiger partial charge in [0.2, 0.25) is 0 Å². The van der Waals surface area contributed by atoms with Gasteiger partial charge in [0, 0.05) is 57.5 Å². The van der Waals surface area contributed by atoms with Crippen molar-refractivity contribution in [3.63, 3.8) is 0 Å². The van der Waals surface area contributed by atoms with Crippen molar-refractivity contribution in [1.29, 1.82) is 0 Å². The molecule has 1 saturated heterocycles. The van der Waals surface area contributed by atoms with Gasteiger partial charge in [0.15, 0.2) is 5.65 Å².